The third kappa shape index (κ3) is 5.80. The van der Waals surface area contributed by atoms with Gasteiger partial charge in [-0.25, -0.2) is 0 Å². The normalized spacial score (nSPS) is 21.9. The van der Waals surface area contributed by atoms with Crippen LogP contribution in [-0.4, -0.2) is 0 Å². The van der Waals surface area contributed by atoms with Crippen molar-refractivity contribution in [2.24, 2.45) is 5.92 Å². The Kier molecular flexibility index (Phi) is 7.87. The molecule has 0 aromatic heterocycles. The molecule has 1 atom stereocenters. The lowest BCUT2D eigenvalue weighted by Crippen LogP contribution is -2.13. The van der Waals surface area contributed by atoms with Crippen LogP contribution in [0.3, 0.4) is 0 Å². The van der Waals surface area contributed by atoms with Crippen molar-refractivity contribution < 1.29 is 0 Å². The van der Waals surface area contributed by atoms with Gasteiger partial charge in [-0.2, -0.15) is 0 Å². The van der Waals surface area contributed by atoms with Gasteiger partial charge in [0.15, 0.2) is 0 Å². The zero-order valence-electron chi connectivity index (χ0n) is 21.6. The standard InChI is InChI=1S/C35H42/c1-3-5-6-7-27-10-14-30(15-11-27)32-20-22-35-25-33(21-23-34(35)24-32)31-18-16-29(17-19-31)28-12-8-26(4-2)9-13-28/h4,10-11,14-19,21,23,25-26,28,32H,2-3,5-9,12-13,20,22,24H2,1H3. The van der Waals surface area contributed by atoms with Gasteiger partial charge in [0.2, 0.25) is 0 Å². The summed E-state index contributed by atoms with van der Waals surface area (Å²) in [6.45, 7) is 6.27. The third-order valence-corrected chi connectivity index (χ3v) is 8.78. The first kappa shape index (κ1) is 24.1. The first-order valence-corrected chi connectivity index (χ1v) is 14.2. The molecule has 0 saturated heterocycles. The molecule has 182 valence electrons. The average Bonchev–Trinajstić information content (AvgIpc) is 2.93. The molecule has 1 unspecified atom stereocenters. The van der Waals surface area contributed by atoms with Gasteiger partial charge in [-0.1, -0.05) is 92.6 Å². The van der Waals surface area contributed by atoms with Crippen LogP contribution in [0, 0.1) is 5.92 Å². The number of fused-ring (bicyclic) bond motifs is 1. The lowest BCUT2D eigenvalue weighted by Gasteiger charge is -2.27. The Labute approximate surface area is 213 Å². The van der Waals surface area contributed by atoms with Gasteiger partial charge in [0.05, 0.1) is 0 Å². The van der Waals surface area contributed by atoms with E-state index in [1.807, 2.05) is 0 Å². The van der Waals surface area contributed by atoms with Crippen molar-refractivity contribution in [3.8, 4) is 11.1 Å². The second-order valence-electron chi connectivity index (χ2n) is 11.1. The molecule has 35 heavy (non-hydrogen) atoms. The number of hydrogen-bond donors (Lipinski definition) is 0. The van der Waals surface area contributed by atoms with Crippen LogP contribution in [0.1, 0.15) is 97.9 Å². The van der Waals surface area contributed by atoms with E-state index < -0.39 is 0 Å². The van der Waals surface area contributed by atoms with Crippen molar-refractivity contribution >= 4 is 0 Å². The van der Waals surface area contributed by atoms with Crippen LogP contribution in [-0.2, 0) is 19.3 Å². The molecule has 0 radical (unpaired) electrons. The van der Waals surface area contributed by atoms with Crippen LogP contribution >= 0.6 is 0 Å². The molecule has 0 nitrogen and oxygen atoms in total. The summed E-state index contributed by atoms with van der Waals surface area (Å²) in [5.74, 6) is 2.12. The van der Waals surface area contributed by atoms with E-state index in [0.717, 1.165) is 11.8 Å². The molecule has 2 aliphatic carbocycles. The predicted molar refractivity (Wildman–Crippen MR) is 151 cm³/mol. The van der Waals surface area contributed by atoms with E-state index in [1.165, 1.54) is 98.4 Å². The van der Waals surface area contributed by atoms with E-state index in [4.69, 9.17) is 0 Å². The van der Waals surface area contributed by atoms with Crippen LogP contribution in [0.2, 0.25) is 0 Å². The van der Waals surface area contributed by atoms with E-state index >= 15 is 0 Å². The smallest absolute Gasteiger partial charge is 0.0118 e. The van der Waals surface area contributed by atoms with Crippen molar-refractivity contribution in [3.05, 3.63) is 107 Å². The second-order valence-corrected chi connectivity index (χ2v) is 11.1. The highest BCUT2D eigenvalue weighted by atomic mass is 14.3. The molecule has 3 aromatic rings. The van der Waals surface area contributed by atoms with E-state index in [2.05, 4.69) is 86.3 Å². The Morgan fingerprint density at radius 3 is 2.11 bits per heavy atom. The lowest BCUT2D eigenvalue weighted by molar-refractivity contribution is 0.376. The van der Waals surface area contributed by atoms with Crippen LogP contribution in [0.15, 0.2) is 79.4 Å². The minimum atomic E-state index is 0.661. The van der Waals surface area contributed by atoms with E-state index in [9.17, 15) is 0 Å². The fraction of sp³-hybridized carbons (Fsp3) is 0.429. The zero-order valence-corrected chi connectivity index (χ0v) is 21.6. The van der Waals surface area contributed by atoms with Gasteiger partial charge in [-0.05, 0) is 114 Å². The molecular weight excluding hydrogens is 420 g/mol. The number of rotatable bonds is 8. The SMILES string of the molecule is C=CC1CCC(c2ccc(-c3ccc4c(c3)CCC(c3ccc(CCCCC)cc3)C4)cc2)CC1. The minimum Gasteiger partial charge on any atom is -0.103 e. The molecule has 0 heteroatoms. The molecule has 1 fully saturated rings. The molecule has 0 heterocycles. The van der Waals surface area contributed by atoms with Gasteiger partial charge < -0.3 is 0 Å². The molecule has 2 aliphatic rings. The molecule has 1 saturated carbocycles. The van der Waals surface area contributed by atoms with Crippen molar-refractivity contribution in [3.63, 3.8) is 0 Å². The summed E-state index contributed by atoms with van der Waals surface area (Å²) >= 11 is 0. The van der Waals surface area contributed by atoms with Crippen LogP contribution in [0.5, 0.6) is 0 Å². The monoisotopic (exact) mass is 462 g/mol. The van der Waals surface area contributed by atoms with E-state index in [1.54, 1.807) is 11.1 Å². The molecule has 5 rings (SSSR count). The highest BCUT2D eigenvalue weighted by molar-refractivity contribution is 5.65. The summed E-state index contributed by atoms with van der Waals surface area (Å²) in [6.07, 6.45) is 16.2. The number of allylic oxidation sites excluding steroid dienone is 1. The molecule has 0 amide bonds. The zero-order chi connectivity index (χ0) is 24.0. The Hall–Kier alpha value is -2.60. The van der Waals surface area contributed by atoms with Crippen molar-refractivity contribution in [1.29, 1.82) is 0 Å². The number of aryl methyl sites for hydroxylation is 2. The van der Waals surface area contributed by atoms with Gasteiger partial charge in [-0.3, -0.25) is 0 Å². The molecular formula is C35H42. The number of benzene rings is 3. The minimum absolute atomic E-state index is 0.661. The first-order chi connectivity index (χ1) is 17.2. The third-order valence-electron chi connectivity index (χ3n) is 8.78. The van der Waals surface area contributed by atoms with Gasteiger partial charge in [0.1, 0.15) is 0 Å². The van der Waals surface area contributed by atoms with E-state index in [0.29, 0.717) is 5.92 Å². The van der Waals surface area contributed by atoms with E-state index in [-0.39, 0.29) is 0 Å². The van der Waals surface area contributed by atoms with Crippen molar-refractivity contribution in [1.82, 2.24) is 0 Å². The molecule has 0 aliphatic heterocycles. The Bertz CT molecular complexity index is 1090. The highest BCUT2D eigenvalue weighted by Crippen LogP contribution is 2.38. The molecule has 0 N–H and O–H groups in total. The maximum absolute atomic E-state index is 3.99. The fourth-order valence-electron chi connectivity index (χ4n) is 6.39. The summed E-state index contributed by atoms with van der Waals surface area (Å²) in [4.78, 5) is 0. The maximum atomic E-state index is 3.99. The average molecular weight is 463 g/mol. The van der Waals surface area contributed by atoms with Gasteiger partial charge in [-0.15, -0.1) is 6.58 Å². The largest absolute Gasteiger partial charge is 0.103 e. The van der Waals surface area contributed by atoms with Crippen LogP contribution < -0.4 is 0 Å². The lowest BCUT2D eigenvalue weighted by atomic mass is 9.78. The molecule has 3 aromatic carbocycles. The van der Waals surface area contributed by atoms with Crippen molar-refractivity contribution in [2.75, 3.05) is 0 Å². The Morgan fingerprint density at radius 1 is 0.714 bits per heavy atom. The summed E-state index contributed by atoms with van der Waals surface area (Å²) in [6, 6.07) is 26.2. The van der Waals surface area contributed by atoms with Gasteiger partial charge in [0, 0.05) is 0 Å². The Balaban J connectivity index is 1.22. The predicted octanol–water partition coefficient (Wildman–Crippen LogP) is 9.82. The van der Waals surface area contributed by atoms with Crippen LogP contribution in [0.4, 0.5) is 0 Å². The number of hydrogen-bond acceptors (Lipinski definition) is 0. The maximum Gasteiger partial charge on any atom is -0.0118 e. The fourth-order valence-corrected chi connectivity index (χ4v) is 6.39. The van der Waals surface area contributed by atoms with Crippen LogP contribution in [0.25, 0.3) is 11.1 Å². The molecule has 0 bridgehead atoms. The summed E-state index contributed by atoms with van der Waals surface area (Å²) < 4.78 is 0. The van der Waals surface area contributed by atoms with Crippen molar-refractivity contribution in [2.45, 2.75) is 89.4 Å². The highest BCUT2D eigenvalue weighted by Gasteiger charge is 2.22. The topological polar surface area (TPSA) is 0 Å². The summed E-state index contributed by atoms with van der Waals surface area (Å²) in [5.41, 5.74) is 10.4. The van der Waals surface area contributed by atoms with Gasteiger partial charge >= 0.3 is 0 Å². The first-order valence-electron chi connectivity index (χ1n) is 14.2. The quantitative estimate of drug-likeness (QED) is 0.231. The summed E-state index contributed by atoms with van der Waals surface area (Å²) in [7, 11) is 0. The number of unbranched alkanes of at least 4 members (excludes halogenated alkanes) is 2. The Morgan fingerprint density at radius 2 is 1.40 bits per heavy atom. The summed E-state index contributed by atoms with van der Waals surface area (Å²) in [5, 5.41) is 0. The second kappa shape index (κ2) is 11.4. The van der Waals surface area contributed by atoms with Gasteiger partial charge in [0.25, 0.3) is 0 Å². The molecule has 0 spiro atoms.